The first-order valence-electron chi connectivity index (χ1n) is 20.4. The Morgan fingerprint density at radius 2 is 0.968 bits per heavy atom. The van der Waals surface area contributed by atoms with E-state index < -0.39 is 23.5 Å². The molecule has 62 heavy (non-hydrogen) atoms. The minimum atomic E-state index is -4.41. The second kappa shape index (κ2) is 17.9. The number of rotatable bonds is 2. The molecule has 8 rings (SSSR count). The van der Waals surface area contributed by atoms with Crippen molar-refractivity contribution in [2.45, 2.75) is 106 Å². The van der Waals surface area contributed by atoms with E-state index in [9.17, 15) is 26.3 Å². The molecule has 0 saturated heterocycles. The van der Waals surface area contributed by atoms with Gasteiger partial charge in [-0.3, -0.25) is 6.08 Å². The van der Waals surface area contributed by atoms with E-state index in [1.807, 2.05) is 6.08 Å². The largest absolute Gasteiger partial charge is 1.00 e. The normalized spacial score (nSPS) is 17.4. The van der Waals surface area contributed by atoms with Crippen LogP contribution in [0.25, 0.3) is 32.7 Å². The summed E-state index contributed by atoms with van der Waals surface area (Å²) in [5.41, 5.74) is 10.2. The molecule has 0 N–H and O–H groups in total. The molecule has 0 fully saturated rings. The van der Waals surface area contributed by atoms with Gasteiger partial charge in [-0.05, 0) is 33.1 Å². The summed E-state index contributed by atoms with van der Waals surface area (Å²) in [4.78, 5) is 0. The molecule has 5 aromatic rings. The van der Waals surface area contributed by atoms with Gasteiger partial charge >= 0.3 is 137 Å². The predicted molar refractivity (Wildman–Crippen MR) is 235 cm³/mol. The maximum Gasteiger partial charge on any atom is -1.00 e. The molecule has 328 valence electrons. The van der Waals surface area contributed by atoms with Crippen molar-refractivity contribution >= 4 is 35.9 Å². The molecule has 1 unspecified atom stereocenters. The average Bonchev–Trinajstić information content (AvgIpc) is 3.85. The summed E-state index contributed by atoms with van der Waals surface area (Å²) >= 11 is 0.898. The first-order valence-corrected chi connectivity index (χ1v) is 21.6. The second-order valence-electron chi connectivity index (χ2n) is 19.7. The van der Waals surface area contributed by atoms with Crippen molar-refractivity contribution in [3.8, 4) is 0 Å². The Hall–Kier alpha value is -3.38. The van der Waals surface area contributed by atoms with E-state index in [4.69, 9.17) is 0 Å². The fraction of sp³-hybridized carbons (Fsp3) is 0.358. The molecule has 1 atom stereocenters. The topological polar surface area (TPSA) is 0 Å². The molecule has 0 saturated carbocycles. The van der Waals surface area contributed by atoms with E-state index in [1.165, 1.54) is 84.8 Å². The van der Waals surface area contributed by atoms with Crippen molar-refractivity contribution in [2.24, 2.45) is 16.7 Å². The first kappa shape index (κ1) is 51.3. The number of alkyl halides is 6. The van der Waals surface area contributed by atoms with Gasteiger partial charge in [-0.15, -0.1) is 46.7 Å². The predicted octanol–water partition coefficient (Wildman–Crippen LogP) is 9.94. The van der Waals surface area contributed by atoms with Crippen molar-refractivity contribution in [3.63, 3.8) is 0 Å². The maximum atomic E-state index is 12.5. The van der Waals surface area contributed by atoms with Crippen molar-refractivity contribution in [3.05, 3.63) is 159 Å². The fourth-order valence-electron chi connectivity index (χ4n) is 8.46. The van der Waals surface area contributed by atoms with Gasteiger partial charge in [0.25, 0.3) is 0 Å². The van der Waals surface area contributed by atoms with Crippen LogP contribution >= 0.6 is 0 Å². The van der Waals surface area contributed by atoms with Gasteiger partial charge < -0.3 is 24.8 Å². The number of allylic oxidation sites excluding steroid dienone is 8. The van der Waals surface area contributed by atoms with E-state index in [2.05, 4.69) is 138 Å². The number of fused-ring (bicyclic) bond motifs is 5. The molecule has 9 heteroatoms. The molecule has 3 aliphatic carbocycles. The van der Waals surface area contributed by atoms with Crippen LogP contribution in [0.2, 0.25) is 0 Å². The summed E-state index contributed by atoms with van der Waals surface area (Å²) in [5, 5.41) is 5.58. The first-order chi connectivity index (χ1) is 27.5. The van der Waals surface area contributed by atoms with Crippen LogP contribution in [0.5, 0.6) is 0 Å². The standard InChI is InChI=1S/C31H37.C15H8F6.C7H9.2ClH.Zr/c1-28(2,3)26-16-30(7,8)24-12-18-11-19-13-25-23(15-21(19)20(18)14-22(24)26)27(29(4,5)6)17-31(25,9)10;16-14(17,18)12-5-1-10(2-6-12)9-11-3-7-13(8-4-11)15(19,20)21;1-6-3-4-7(2)5-6;;;/h11-17H,1-10H3;1-8H;3,5,7H,1-2H3;2*1H;/q-1;;-1;;;+2/p-2. The second-order valence-corrected chi connectivity index (χ2v) is 20.9. The molecule has 0 heterocycles. The Labute approximate surface area is 391 Å². The Balaban J connectivity index is 0.000000238. The molecular weight excluding hydrogens is 913 g/mol. The molecule has 0 amide bonds. The summed E-state index contributed by atoms with van der Waals surface area (Å²) in [6, 6.07) is 21.5. The van der Waals surface area contributed by atoms with Crippen molar-refractivity contribution in [1.82, 2.24) is 0 Å². The molecule has 0 bridgehead atoms. The zero-order chi connectivity index (χ0) is 44.5. The molecule has 3 aliphatic rings. The summed E-state index contributed by atoms with van der Waals surface area (Å²) < 4.78 is 75.6. The molecule has 5 aromatic carbocycles. The van der Waals surface area contributed by atoms with Crippen LogP contribution in [0.15, 0.2) is 109 Å². The minimum absolute atomic E-state index is 0. The van der Waals surface area contributed by atoms with Gasteiger partial charge in [0.05, 0.1) is 0 Å². The SMILES string of the molecule is CC(C)(C)C1=CC(C)(C)c2cc3[cH-]c4cc5c(cc4c3cc21)C(C(C)(C)C)=CC5(C)C.CC1=CC(C)[C-]=C1.FC(F)(F)c1ccc([C](=[Zr+2])c2ccc(C(F)(F)F)cc2)cc1.[Cl-].[Cl-]. The quantitative estimate of drug-likeness (QED) is 0.122. The third-order valence-electron chi connectivity index (χ3n) is 11.7. The molecule has 0 aromatic heterocycles. The number of halogens is 8. The van der Waals surface area contributed by atoms with Crippen molar-refractivity contribution < 1.29 is 75.4 Å². The molecular formula is C53H54Cl2F6Zr-2. The number of hydrogen-bond acceptors (Lipinski definition) is 0. The zero-order valence-corrected chi connectivity index (χ0v) is 41.4. The monoisotopic (exact) mass is 964 g/mol. The third-order valence-corrected chi connectivity index (χ3v) is 13.1. The Morgan fingerprint density at radius 1 is 0.613 bits per heavy atom. The van der Waals surface area contributed by atoms with Crippen LogP contribution in [0.3, 0.4) is 0 Å². The van der Waals surface area contributed by atoms with Crippen LogP contribution in [0, 0.1) is 22.8 Å². The van der Waals surface area contributed by atoms with Crippen LogP contribution < -0.4 is 24.8 Å². The smallest absolute Gasteiger partial charge is 1.00 e. The van der Waals surface area contributed by atoms with Gasteiger partial charge in [0.15, 0.2) is 0 Å². The molecule has 0 spiro atoms. The molecule has 0 nitrogen and oxygen atoms in total. The maximum absolute atomic E-state index is 12.5. The summed E-state index contributed by atoms with van der Waals surface area (Å²) in [7, 11) is 0. The Morgan fingerprint density at radius 3 is 1.23 bits per heavy atom. The van der Waals surface area contributed by atoms with Crippen LogP contribution in [-0.4, -0.2) is 3.21 Å². The Bertz CT molecular complexity index is 2430. The summed E-state index contributed by atoms with van der Waals surface area (Å²) in [6.45, 7) is 27.7. The molecule has 0 radical (unpaired) electrons. The van der Waals surface area contributed by atoms with Crippen LogP contribution in [0.4, 0.5) is 26.3 Å². The summed E-state index contributed by atoms with van der Waals surface area (Å²) in [5.74, 6) is 0.556. The van der Waals surface area contributed by atoms with Crippen molar-refractivity contribution in [2.75, 3.05) is 0 Å². The van der Waals surface area contributed by atoms with Gasteiger partial charge in [0, 0.05) is 10.8 Å². The zero-order valence-electron chi connectivity index (χ0n) is 37.4. The average molecular weight is 967 g/mol. The van der Waals surface area contributed by atoms with Gasteiger partial charge in [0.2, 0.25) is 0 Å². The van der Waals surface area contributed by atoms with Gasteiger partial charge in [-0.1, -0.05) is 117 Å². The van der Waals surface area contributed by atoms with Gasteiger partial charge in [-0.2, -0.15) is 6.08 Å². The summed E-state index contributed by atoms with van der Waals surface area (Å²) in [6.07, 6.45) is 3.56. The van der Waals surface area contributed by atoms with Crippen LogP contribution in [0.1, 0.15) is 128 Å². The van der Waals surface area contributed by atoms with E-state index in [0.717, 1.165) is 48.5 Å². The van der Waals surface area contributed by atoms with Gasteiger partial charge in [0.1, 0.15) is 0 Å². The fourth-order valence-corrected chi connectivity index (χ4v) is 9.28. The number of hydrogen-bond donors (Lipinski definition) is 0. The van der Waals surface area contributed by atoms with E-state index >= 15 is 0 Å². The van der Waals surface area contributed by atoms with Crippen molar-refractivity contribution in [1.29, 1.82) is 0 Å². The minimum Gasteiger partial charge on any atom is -1.00 e. The van der Waals surface area contributed by atoms with E-state index in [0.29, 0.717) is 20.3 Å². The van der Waals surface area contributed by atoms with Crippen LogP contribution in [-0.2, 0) is 47.4 Å². The van der Waals surface area contributed by atoms with E-state index in [-0.39, 0.29) is 46.5 Å². The third kappa shape index (κ3) is 10.8. The Kier molecular flexibility index (Phi) is 14.8. The van der Waals surface area contributed by atoms with E-state index in [1.54, 1.807) is 0 Å². The molecule has 0 aliphatic heterocycles. The number of benzene rings is 4. The van der Waals surface area contributed by atoms with Gasteiger partial charge in [-0.25, -0.2) is 11.6 Å².